The molecule has 1 atom stereocenters. The Labute approximate surface area is 175 Å². The maximum atomic E-state index is 13.3. The first-order valence-corrected chi connectivity index (χ1v) is 10.8. The Hall–Kier alpha value is -2.79. The second kappa shape index (κ2) is 7.91. The molecule has 2 aromatic heterocycles. The van der Waals surface area contributed by atoms with Gasteiger partial charge in [0, 0.05) is 29.2 Å². The van der Waals surface area contributed by atoms with Gasteiger partial charge in [0.25, 0.3) is 0 Å². The normalized spacial score (nSPS) is 12.4. The minimum Gasteiger partial charge on any atom is -0.319 e. The Kier molecular flexibility index (Phi) is 5.33. The number of thioether (sulfide) groups is 1. The van der Waals surface area contributed by atoms with Crippen LogP contribution >= 0.6 is 11.8 Å². The van der Waals surface area contributed by atoms with Crippen molar-refractivity contribution >= 4 is 28.6 Å². The van der Waals surface area contributed by atoms with Gasteiger partial charge in [-0.2, -0.15) is 0 Å². The van der Waals surface area contributed by atoms with Crippen LogP contribution in [0.1, 0.15) is 35.6 Å². The molecule has 0 radical (unpaired) electrons. The van der Waals surface area contributed by atoms with Crippen molar-refractivity contribution < 1.29 is 4.79 Å². The maximum Gasteiger partial charge on any atom is 0.177 e. The number of aromatic nitrogens is 3. The highest BCUT2D eigenvalue weighted by molar-refractivity contribution is 8.00. The van der Waals surface area contributed by atoms with E-state index in [4.69, 9.17) is 4.98 Å². The number of fused-ring (bicyclic) bond motifs is 1. The number of para-hydroxylation sites is 3. The Morgan fingerprint density at radius 1 is 1.07 bits per heavy atom. The lowest BCUT2D eigenvalue weighted by atomic mass is 10.1. The third kappa shape index (κ3) is 3.51. The second-order valence-corrected chi connectivity index (χ2v) is 8.52. The predicted octanol–water partition coefficient (Wildman–Crippen LogP) is 5.83. The van der Waals surface area contributed by atoms with Crippen molar-refractivity contribution in [3.63, 3.8) is 0 Å². The molecule has 0 N–H and O–H groups in total. The lowest BCUT2D eigenvalue weighted by Crippen LogP contribution is -2.15. The monoisotopic (exact) mass is 403 g/mol. The van der Waals surface area contributed by atoms with Crippen LogP contribution in [0.15, 0.2) is 65.8 Å². The van der Waals surface area contributed by atoms with Gasteiger partial charge in [0.2, 0.25) is 0 Å². The summed E-state index contributed by atoms with van der Waals surface area (Å²) in [7, 11) is 0. The van der Waals surface area contributed by atoms with Crippen LogP contribution in [0.3, 0.4) is 0 Å². The summed E-state index contributed by atoms with van der Waals surface area (Å²) in [6.45, 7) is 8.97. The molecule has 0 aliphatic heterocycles. The molecule has 4 nitrogen and oxygen atoms in total. The lowest BCUT2D eigenvalue weighted by molar-refractivity contribution is 0.0993. The molecule has 148 valence electrons. The number of nitrogens with zero attached hydrogens (tertiary/aromatic N) is 3. The Morgan fingerprint density at radius 2 is 1.76 bits per heavy atom. The molecule has 0 saturated carbocycles. The molecule has 2 aromatic carbocycles. The number of hydrogen-bond donors (Lipinski definition) is 0. The van der Waals surface area contributed by atoms with Gasteiger partial charge in [0.15, 0.2) is 10.9 Å². The molecule has 0 fully saturated rings. The molecule has 0 unspecified atom stereocenters. The summed E-state index contributed by atoms with van der Waals surface area (Å²) in [4.78, 5) is 18.1. The van der Waals surface area contributed by atoms with Crippen molar-refractivity contribution in [1.82, 2.24) is 14.1 Å². The fraction of sp³-hybridized carbons (Fsp3) is 0.250. The summed E-state index contributed by atoms with van der Waals surface area (Å²) in [6, 6.07) is 20.3. The molecular formula is C24H25N3OS. The number of rotatable bonds is 6. The highest BCUT2D eigenvalue weighted by Gasteiger charge is 2.24. The smallest absolute Gasteiger partial charge is 0.177 e. The summed E-state index contributed by atoms with van der Waals surface area (Å²) in [5, 5.41) is 0.674. The Bertz CT molecular complexity index is 1170. The largest absolute Gasteiger partial charge is 0.319 e. The average Bonchev–Trinajstić information content (AvgIpc) is 3.23. The van der Waals surface area contributed by atoms with Gasteiger partial charge in [-0.25, -0.2) is 4.98 Å². The number of imidazole rings is 1. The SMILES string of the molecule is CCn1c(S[C@@H](C)C(=O)c2cc(C)n(-c3ccccc3)c2C)nc2ccccc21. The standard InChI is InChI=1S/C24H25N3OS/c1-5-26-22-14-10-9-13-21(22)25-24(26)29-18(4)23(28)20-15-16(2)27(17(20)3)19-11-7-6-8-12-19/h6-15,18H,5H2,1-4H3/t18-/m0/s1. The summed E-state index contributed by atoms with van der Waals surface area (Å²) < 4.78 is 4.32. The minimum absolute atomic E-state index is 0.139. The van der Waals surface area contributed by atoms with Gasteiger partial charge in [0.1, 0.15) is 0 Å². The first-order valence-electron chi connectivity index (χ1n) is 9.91. The summed E-state index contributed by atoms with van der Waals surface area (Å²) in [5.74, 6) is 0.139. The van der Waals surface area contributed by atoms with E-state index < -0.39 is 0 Å². The van der Waals surface area contributed by atoms with E-state index in [-0.39, 0.29) is 11.0 Å². The van der Waals surface area contributed by atoms with Crippen LogP contribution in [0.25, 0.3) is 16.7 Å². The molecule has 0 bridgehead atoms. The van der Waals surface area contributed by atoms with E-state index in [2.05, 4.69) is 34.3 Å². The molecule has 0 aliphatic rings. The molecule has 0 aliphatic carbocycles. The van der Waals surface area contributed by atoms with Gasteiger partial charge < -0.3 is 9.13 Å². The number of carbonyl (C=O) groups is 1. The fourth-order valence-electron chi connectivity index (χ4n) is 3.87. The van der Waals surface area contributed by atoms with Gasteiger partial charge >= 0.3 is 0 Å². The van der Waals surface area contributed by atoms with Crippen molar-refractivity contribution in [3.05, 3.63) is 77.6 Å². The molecule has 4 aromatic rings. The molecular weight excluding hydrogens is 378 g/mol. The van der Waals surface area contributed by atoms with Gasteiger partial charge in [0.05, 0.1) is 16.3 Å². The Morgan fingerprint density at radius 3 is 2.48 bits per heavy atom. The van der Waals surface area contributed by atoms with Gasteiger partial charge in [-0.3, -0.25) is 4.79 Å². The van der Waals surface area contributed by atoms with Crippen molar-refractivity contribution in [2.24, 2.45) is 0 Å². The molecule has 0 spiro atoms. The first kappa shape index (κ1) is 19.5. The van der Waals surface area contributed by atoms with E-state index >= 15 is 0 Å². The molecule has 2 heterocycles. The molecule has 0 amide bonds. The van der Waals surface area contributed by atoms with Crippen LogP contribution < -0.4 is 0 Å². The number of benzene rings is 2. The summed E-state index contributed by atoms with van der Waals surface area (Å²) in [6.07, 6.45) is 0. The fourth-order valence-corrected chi connectivity index (χ4v) is 4.92. The van der Waals surface area contributed by atoms with Crippen molar-refractivity contribution in [2.45, 2.75) is 44.6 Å². The molecule has 5 heteroatoms. The van der Waals surface area contributed by atoms with Gasteiger partial charge in [-0.05, 0) is 58.0 Å². The summed E-state index contributed by atoms with van der Waals surface area (Å²) in [5.41, 5.74) is 5.99. The number of aryl methyl sites for hydroxylation is 2. The van der Waals surface area contributed by atoms with Crippen LogP contribution in [0.5, 0.6) is 0 Å². The zero-order valence-electron chi connectivity index (χ0n) is 17.2. The van der Waals surface area contributed by atoms with E-state index in [0.717, 1.165) is 45.4 Å². The van der Waals surface area contributed by atoms with Gasteiger partial charge in [-0.15, -0.1) is 0 Å². The molecule has 29 heavy (non-hydrogen) atoms. The first-order chi connectivity index (χ1) is 14.0. The predicted molar refractivity (Wildman–Crippen MR) is 120 cm³/mol. The van der Waals surface area contributed by atoms with Crippen LogP contribution in [-0.4, -0.2) is 25.2 Å². The summed E-state index contributed by atoms with van der Waals surface area (Å²) >= 11 is 1.54. The maximum absolute atomic E-state index is 13.3. The van der Waals surface area contributed by atoms with Crippen molar-refractivity contribution in [3.8, 4) is 5.69 Å². The third-order valence-electron chi connectivity index (χ3n) is 5.30. The Balaban J connectivity index is 1.64. The second-order valence-electron chi connectivity index (χ2n) is 7.21. The number of ketones is 1. The van der Waals surface area contributed by atoms with E-state index in [1.54, 1.807) is 0 Å². The van der Waals surface area contributed by atoms with Crippen LogP contribution in [-0.2, 0) is 6.54 Å². The number of Topliss-reactive ketones (excluding diaryl/α,β-unsaturated/α-hetero) is 1. The van der Waals surface area contributed by atoms with E-state index in [9.17, 15) is 4.79 Å². The van der Waals surface area contributed by atoms with Crippen LogP contribution in [0.2, 0.25) is 0 Å². The van der Waals surface area contributed by atoms with Crippen LogP contribution in [0, 0.1) is 13.8 Å². The topological polar surface area (TPSA) is 39.8 Å². The number of carbonyl (C=O) groups excluding carboxylic acids is 1. The number of hydrogen-bond acceptors (Lipinski definition) is 3. The van der Waals surface area contributed by atoms with E-state index in [0.29, 0.717) is 0 Å². The third-order valence-corrected chi connectivity index (χ3v) is 6.39. The van der Waals surface area contributed by atoms with E-state index in [1.165, 1.54) is 11.8 Å². The molecule has 0 saturated heterocycles. The minimum atomic E-state index is -0.221. The van der Waals surface area contributed by atoms with Crippen LogP contribution in [0.4, 0.5) is 0 Å². The zero-order chi connectivity index (χ0) is 20.5. The molecule has 4 rings (SSSR count). The zero-order valence-corrected chi connectivity index (χ0v) is 18.0. The quantitative estimate of drug-likeness (QED) is 0.300. The highest BCUT2D eigenvalue weighted by atomic mass is 32.2. The van der Waals surface area contributed by atoms with Crippen molar-refractivity contribution in [1.29, 1.82) is 0 Å². The van der Waals surface area contributed by atoms with Gasteiger partial charge in [-0.1, -0.05) is 42.1 Å². The van der Waals surface area contributed by atoms with E-state index in [1.807, 2.05) is 63.2 Å². The average molecular weight is 404 g/mol. The van der Waals surface area contributed by atoms with Crippen molar-refractivity contribution in [2.75, 3.05) is 0 Å². The highest BCUT2D eigenvalue weighted by Crippen LogP contribution is 2.30. The lowest BCUT2D eigenvalue weighted by Gasteiger charge is -2.12.